The molecule has 0 aliphatic carbocycles. The van der Waals surface area contributed by atoms with Gasteiger partial charge in [-0.2, -0.15) is 5.10 Å². The number of fused-ring (bicyclic) bond motifs is 1. The highest BCUT2D eigenvalue weighted by molar-refractivity contribution is 5.80. The van der Waals surface area contributed by atoms with E-state index >= 15 is 0 Å². The predicted octanol–water partition coefficient (Wildman–Crippen LogP) is 5.00. The van der Waals surface area contributed by atoms with Crippen LogP contribution < -0.4 is 4.90 Å². The van der Waals surface area contributed by atoms with Gasteiger partial charge in [0.25, 0.3) is 0 Å². The summed E-state index contributed by atoms with van der Waals surface area (Å²) in [6.45, 7) is 13.3. The minimum atomic E-state index is -0.219. The number of anilines is 1. The topological polar surface area (TPSA) is 53.3 Å². The minimum absolute atomic E-state index is 0.110. The lowest BCUT2D eigenvalue weighted by Gasteiger charge is -2.38. The quantitative estimate of drug-likeness (QED) is 0.520. The fourth-order valence-electron chi connectivity index (χ4n) is 5.91. The molecule has 2 saturated heterocycles. The van der Waals surface area contributed by atoms with Gasteiger partial charge in [-0.3, -0.25) is 4.90 Å². The van der Waals surface area contributed by atoms with Crippen molar-refractivity contribution in [3.05, 3.63) is 54.4 Å². The van der Waals surface area contributed by atoms with E-state index in [-0.39, 0.29) is 11.6 Å². The molecular weight excluding hydrogens is 438 g/mol. The number of carbonyl (C=O) groups is 1. The van der Waals surface area contributed by atoms with Gasteiger partial charge >= 0.3 is 6.09 Å². The number of hydrogen-bond acceptors (Lipinski definition) is 5. The van der Waals surface area contributed by atoms with E-state index in [1.165, 1.54) is 36.1 Å². The van der Waals surface area contributed by atoms with E-state index in [2.05, 4.69) is 78.3 Å². The van der Waals surface area contributed by atoms with Crippen LogP contribution in [0.15, 0.2) is 48.8 Å². The van der Waals surface area contributed by atoms with Gasteiger partial charge in [-0.25, -0.2) is 9.31 Å². The molecule has 7 heteroatoms. The largest absolute Gasteiger partial charge is 0.450 e. The van der Waals surface area contributed by atoms with Crippen LogP contribution in [0.4, 0.5) is 10.5 Å². The van der Waals surface area contributed by atoms with Crippen molar-refractivity contribution in [2.75, 3.05) is 44.2 Å². The molecule has 1 amide bonds. The summed E-state index contributed by atoms with van der Waals surface area (Å²) in [4.78, 5) is 18.8. The van der Waals surface area contributed by atoms with Gasteiger partial charge in [0.15, 0.2) is 0 Å². The molecular formula is C28H37N5O2. The van der Waals surface area contributed by atoms with Crippen LogP contribution in [0.3, 0.4) is 0 Å². The summed E-state index contributed by atoms with van der Waals surface area (Å²) in [6.07, 6.45) is 6.21. The number of piperazine rings is 1. The predicted molar refractivity (Wildman–Crippen MR) is 140 cm³/mol. The Balaban J connectivity index is 1.37. The molecule has 35 heavy (non-hydrogen) atoms. The molecule has 3 aromatic rings. The SMILES string of the molecule is CCOC(=O)N1CCN(c2ccnn3cc(-c4ccc([C@]5(C)CCCN5C(C)C)cc4)cc23)CC1. The van der Waals surface area contributed by atoms with Crippen molar-refractivity contribution in [1.29, 1.82) is 0 Å². The first kappa shape index (κ1) is 23.7. The lowest BCUT2D eigenvalue weighted by atomic mass is 9.87. The average Bonchev–Trinajstić information content (AvgIpc) is 3.49. The lowest BCUT2D eigenvalue weighted by molar-refractivity contribution is 0.105. The smallest absolute Gasteiger partial charge is 0.409 e. The Morgan fingerprint density at radius 3 is 2.49 bits per heavy atom. The number of aromatic nitrogens is 2. The molecule has 4 heterocycles. The van der Waals surface area contributed by atoms with Crippen LogP contribution in [0.2, 0.25) is 0 Å². The van der Waals surface area contributed by atoms with E-state index in [1.807, 2.05) is 17.6 Å². The number of carbonyl (C=O) groups excluding carboxylic acids is 1. The van der Waals surface area contributed by atoms with Crippen LogP contribution in [0, 0.1) is 0 Å². The molecule has 1 atom stereocenters. The number of hydrogen-bond donors (Lipinski definition) is 0. The molecule has 0 N–H and O–H groups in total. The first-order valence-electron chi connectivity index (χ1n) is 12.9. The summed E-state index contributed by atoms with van der Waals surface area (Å²) in [6, 6.07) is 14.0. The van der Waals surface area contributed by atoms with Crippen molar-refractivity contribution in [3.8, 4) is 11.1 Å². The van der Waals surface area contributed by atoms with Crippen molar-refractivity contribution in [2.24, 2.45) is 0 Å². The minimum Gasteiger partial charge on any atom is -0.450 e. The number of ether oxygens (including phenoxy) is 1. The van der Waals surface area contributed by atoms with Gasteiger partial charge in [0, 0.05) is 55.7 Å². The summed E-state index contributed by atoms with van der Waals surface area (Å²) in [5.74, 6) is 0. The third-order valence-electron chi connectivity index (χ3n) is 7.79. The Morgan fingerprint density at radius 2 is 1.80 bits per heavy atom. The lowest BCUT2D eigenvalue weighted by Crippen LogP contribution is -2.49. The number of likely N-dealkylation sites (tertiary alicyclic amines) is 1. The molecule has 2 aliphatic rings. The zero-order valence-corrected chi connectivity index (χ0v) is 21.4. The van der Waals surface area contributed by atoms with E-state index in [0.29, 0.717) is 25.7 Å². The first-order chi connectivity index (χ1) is 16.9. The van der Waals surface area contributed by atoms with Gasteiger partial charge in [-0.15, -0.1) is 0 Å². The highest BCUT2D eigenvalue weighted by Gasteiger charge is 2.39. The Hall–Kier alpha value is -3.06. The van der Waals surface area contributed by atoms with Crippen LogP contribution >= 0.6 is 0 Å². The van der Waals surface area contributed by atoms with E-state index in [4.69, 9.17) is 4.74 Å². The third-order valence-corrected chi connectivity index (χ3v) is 7.79. The molecule has 0 saturated carbocycles. The monoisotopic (exact) mass is 475 g/mol. The number of rotatable bonds is 5. The van der Waals surface area contributed by atoms with Crippen LogP contribution in [0.1, 0.15) is 46.1 Å². The van der Waals surface area contributed by atoms with Crippen molar-refractivity contribution >= 4 is 17.3 Å². The third kappa shape index (κ3) is 4.38. The highest BCUT2D eigenvalue weighted by Crippen LogP contribution is 2.40. The highest BCUT2D eigenvalue weighted by atomic mass is 16.6. The number of nitrogens with zero attached hydrogens (tertiary/aromatic N) is 5. The Labute approximate surface area is 208 Å². The zero-order chi connectivity index (χ0) is 24.6. The fraction of sp³-hybridized carbons (Fsp3) is 0.500. The van der Waals surface area contributed by atoms with E-state index in [9.17, 15) is 4.79 Å². The van der Waals surface area contributed by atoms with Gasteiger partial charge < -0.3 is 14.5 Å². The molecule has 2 aromatic heterocycles. The van der Waals surface area contributed by atoms with Gasteiger partial charge in [0.1, 0.15) is 0 Å². The van der Waals surface area contributed by atoms with Crippen molar-refractivity contribution in [3.63, 3.8) is 0 Å². The normalized spacial score (nSPS) is 21.3. The maximum Gasteiger partial charge on any atom is 0.409 e. The van der Waals surface area contributed by atoms with E-state index < -0.39 is 0 Å². The van der Waals surface area contributed by atoms with Crippen LogP contribution in [-0.2, 0) is 10.3 Å². The summed E-state index contributed by atoms with van der Waals surface area (Å²) in [5, 5.41) is 4.57. The van der Waals surface area contributed by atoms with Gasteiger partial charge in [0.2, 0.25) is 0 Å². The Bertz CT molecular complexity index is 1180. The van der Waals surface area contributed by atoms with Crippen LogP contribution in [-0.4, -0.2) is 70.9 Å². The molecule has 0 radical (unpaired) electrons. The van der Waals surface area contributed by atoms with Crippen LogP contribution in [0.5, 0.6) is 0 Å². The fourth-order valence-corrected chi connectivity index (χ4v) is 5.91. The second-order valence-electron chi connectivity index (χ2n) is 10.2. The summed E-state index contributed by atoms with van der Waals surface area (Å²) >= 11 is 0. The van der Waals surface area contributed by atoms with Gasteiger partial charge in [0.05, 0.1) is 17.8 Å². The van der Waals surface area contributed by atoms with Crippen molar-refractivity contribution in [2.45, 2.75) is 52.1 Å². The maximum absolute atomic E-state index is 12.1. The molecule has 0 bridgehead atoms. The molecule has 2 aliphatic heterocycles. The molecule has 0 unspecified atom stereocenters. The molecule has 1 aromatic carbocycles. The van der Waals surface area contributed by atoms with E-state index in [1.54, 1.807) is 4.90 Å². The standard InChI is InChI=1S/C28H37N5O2/c1-5-35-27(34)31-17-15-30(16-18-31)25-11-13-29-33-20-23(19-26(25)33)22-7-9-24(10-8-22)28(4)12-6-14-32(28)21(2)3/h7-11,13,19-21H,5-6,12,14-18H2,1-4H3/t28-/m0/s1. The van der Waals surface area contributed by atoms with Crippen molar-refractivity contribution in [1.82, 2.24) is 19.4 Å². The molecule has 0 spiro atoms. The van der Waals surface area contributed by atoms with E-state index in [0.717, 1.165) is 24.3 Å². The summed E-state index contributed by atoms with van der Waals surface area (Å²) in [7, 11) is 0. The molecule has 2 fully saturated rings. The summed E-state index contributed by atoms with van der Waals surface area (Å²) < 4.78 is 7.13. The second kappa shape index (κ2) is 9.53. The molecule has 5 rings (SSSR count). The van der Waals surface area contributed by atoms with Gasteiger partial charge in [-0.1, -0.05) is 24.3 Å². The summed E-state index contributed by atoms with van der Waals surface area (Å²) in [5.41, 5.74) is 6.12. The Morgan fingerprint density at radius 1 is 1.06 bits per heavy atom. The average molecular weight is 476 g/mol. The maximum atomic E-state index is 12.1. The first-order valence-corrected chi connectivity index (χ1v) is 12.9. The van der Waals surface area contributed by atoms with Gasteiger partial charge in [-0.05, 0) is 70.3 Å². The zero-order valence-electron chi connectivity index (χ0n) is 21.4. The Kier molecular flexibility index (Phi) is 6.45. The number of amides is 1. The molecule has 186 valence electrons. The number of benzene rings is 1. The van der Waals surface area contributed by atoms with Crippen LogP contribution in [0.25, 0.3) is 16.6 Å². The van der Waals surface area contributed by atoms with Crippen molar-refractivity contribution < 1.29 is 9.53 Å². The second-order valence-corrected chi connectivity index (χ2v) is 10.2. The molecule has 7 nitrogen and oxygen atoms in total.